The van der Waals surface area contributed by atoms with Gasteiger partial charge < -0.3 is 9.47 Å². The number of hydrogen-bond acceptors (Lipinski definition) is 3. The van der Waals surface area contributed by atoms with E-state index >= 15 is 0 Å². The van der Waals surface area contributed by atoms with Crippen LogP contribution in [0.5, 0.6) is 11.5 Å². The molecule has 0 aliphatic heterocycles. The maximum absolute atomic E-state index is 14.5. The second-order valence-corrected chi connectivity index (χ2v) is 7.71. The number of carbonyl (C=O) groups excluding carboxylic acids is 1. The van der Waals surface area contributed by atoms with E-state index in [9.17, 15) is 4.79 Å². The largest absolute Gasteiger partial charge is 0.497 e. The Morgan fingerprint density at radius 1 is 0.667 bits per heavy atom. The Hall–Kier alpha value is -3.33. The van der Waals surface area contributed by atoms with Gasteiger partial charge in [-0.05, 0) is 48.2 Å². The summed E-state index contributed by atoms with van der Waals surface area (Å²) in [4.78, 5) is 14.5. The van der Waals surface area contributed by atoms with Crippen LogP contribution in [0.15, 0.2) is 97.1 Å². The molecule has 0 heterocycles. The van der Waals surface area contributed by atoms with Crippen LogP contribution in [-0.2, 0) is 15.6 Å². The van der Waals surface area contributed by atoms with Crippen LogP contribution in [0.4, 0.5) is 0 Å². The zero-order valence-electron chi connectivity index (χ0n) is 17.4. The fourth-order valence-corrected chi connectivity index (χ4v) is 4.44. The number of benzene rings is 2. The van der Waals surface area contributed by atoms with Crippen molar-refractivity contribution in [1.29, 1.82) is 0 Å². The third-order valence-corrected chi connectivity index (χ3v) is 6.16. The molecular formula is C27H26O3. The number of Topliss-reactive ketones (excluding diaryl/α,β-unsaturated/α-hetero) is 1. The van der Waals surface area contributed by atoms with Crippen molar-refractivity contribution in [2.24, 2.45) is 0 Å². The first-order chi connectivity index (χ1) is 14.6. The Balaban J connectivity index is 1.85. The van der Waals surface area contributed by atoms with Gasteiger partial charge in [0.15, 0.2) is 5.78 Å². The van der Waals surface area contributed by atoms with Crippen molar-refractivity contribution in [3.63, 3.8) is 0 Å². The van der Waals surface area contributed by atoms with Gasteiger partial charge in [-0.1, -0.05) is 72.9 Å². The summed E-state index contributed by atoms with van der Waals surface area (Å²) in [7, 11) is 3.30. The summed E-state index contributed by atoms with van der Waals surface area (Å²) in [6.07, 6.45) is 17.5. The number of methoxy groups -OCH3 is 2. The number of ketones is 1. The molecule has 0 bridgehead atoms. The van der Waals surface area contributed by atoms with E-state index in [1.54, 1.807) is 14.2 Å². The van der Waals surface area contributed by atoms with Crippen molar-refractivity contribution >= 4 is 5.78 Å². The molecule has 2 aliphatic carbocycles. The van der Waals surface area contributed by atoms with Crippen molar-refractivity contribution in [2.75, 3.05) is 14.2 Å². The van der Waals surface area contributed by atoms with Gasteiger partial charge >= 0.3 is 0 Å². The lowest BCUT2D eigenvalue weighted by Crippen LogP contribution is -2.48. The molecule has 152 valence electrons. The lowest BCUT2D eigenvalue weighted by atomic mass is 9.60. The highest BCUT2D eigenvalue weighted by Gasteiger charge is 2.49. The lowest BCUT2D eigenvalue weighted by molar-refractivity contribution is -0.127. The fraction of sp³-hybridized carbons (Fsp3) is 0.222. The second-order valence-electron chi connectivity index (χ2n) is 7.71. The Bertz CT molecular complexity index is 941. The van der Waals surface area contributed by atoms with Gasteiger partial charge in [-0.3, -0.25) is 4.79 Å². The van der Waals surface area contributed by atoms with Crippen LogP contribution >= 0.6 is 0 Å². The summed E-state index contributed by atoms with van der Waals surface area (Å²) in [6, 6.07) is 15.7. The molecule has 0 amide bonds. The van der Waals surface area contributed by atoms with Crippen molar-refractivity contribution in [3.05, 3.63) is 108 Å². The molecule has 2 unspecified atom stereocenters. The number of hydrogen-bond donors (Lipinski definition) is 0. The minimum atomic E-state index is -0.740. The van der Waals surface area contributed by atoms with E-state index in [0.29, 0.717) is 12.8 Å². The van der Waals surface area contributed by atoms with Crippen LogP contribution in [0.1, 0.15) is 24.0 Å². The third-order valence-electron chi connectivity index (χ3n) is 6.16. The lowest BCUT2D eigenvalue weighted by Gasteiger charge is -2.40. The van der Waals surface area contributed by atoms with Crippen molar-refractivity contribution < 1.29 is 14.3 Å². The highest BCUT2D eigenvalue weighted by atomic mass is 16.5. The molecule has 2 atom stereocenters. The van der Waals surface area contributed by atoms with Gasteiger partial charge in [0.1, 0.15) is 11.5 Å². The van der Waals surface area contributed by atoms with E-state index in [0.717, 1.165) is 22.6 Å². The van der Waals surface area contributed by atoms with E-state index in [4.69, 9.17) is 9.47 Å². The summed E-state index contributed by atoms with van der Waals surface area (Å²) in [5.41, 5.74) is 0.474. The van der Waals surface area contributed by atoms with Gasteiger partial charge in [-0.2, -0.15) is 0 Å². The molecule has 2 aliphatic rings. The highest BCUT2D eigenvalue weighted by molar-refractivity contribution is 6.03. The van der Waals surface area contributed by atoms with Gasteiger partial charge in [0.05, 0.1) is 25.0 Å². The standard InChI is InChI=1S/C27H26O3/c1-29-23-13-9-21(10-14-23)26(17-5-3-6-18-26)25(28)27(19-7-4-8-20-27)22-11-15-24(30-2)16-12-22/h3-17,19H,18,20H2,1-2H3. The van der Waals surface area contributed by atoms with E-state index < -0.39 is 10.8 Å². The van der Waals surface area contributed by atoms with Crippen LogP contribution < -0.4 is 9.47 Å². The van der Waals surface area contributed by atoms with Gasteiger partial charge in [0.25, 0.3) is 0 Å². The molecule has 3 heteroatoms. The predicted molar refractivity (Wildman–Crippen MR) is 120 cm³/mol. The Kier molecular flexibility index (Phi) is 5.45. The number of allylic oxidation sites excluding steroid dienone is 8. The van der Waals surface area contributed by atoms with E-state index in [2.05, 4.69) is 24.3 Å². The van der Waals surface area contributed by atoms with E-state index in [1.807, 2.05) is 72.8 Å². The van der Waals surface area contributed by atoms with E-state index in [-0.39, 0.29) is 5.78 Å². The summed E-state index contributed by atoms with van der Waals surface area (Å²) >= 11 is 0. The number of rotatable bonds is 6. The first-order valence-corrected chi connectivity index (χ1v) is 10.2. The van der Waals surface area contributed by atoms with Gasteiger partial charge in [-0.15, -0.1) is 0 Å². The highest BCUT2D eigenvalue weighted by Crippen LogP contribution is 2.45. The van der Waals surface area contributed by atoms with Gasteiger partial charge in [-0.25, -0.2) is 0 Å². The molecule has 0 N–H and O–H groups in total. The minimum absolute atomic E-state index is 0.173. The molecule has 0 saturated heterocycles. The topological polar surface area (TPSA) is 35.5 Å². The van der Waals surface area contributed by atoms with Crippen LogP contribution in [0, 0.1) is 0 Å². The smallest absolute Gasteiger partial charge is 0.162 e. The Morgan fingerprint density at radius 3 is 1.37 bits per heavy atom. The third kappa shape index (κ3) is 3.30. The molecule has 0 spiro atoms. The van der Waals surface area contributed by atoms with Crippen molar-refractivity contribution in [3.8, 4) is 11.5 Å². The number of ether oxygens (including phenoxy) is 2. The maximum atomic E-state index is 14.5. The first-order valence-electron chi connectivity index (χ1n) is 10.2. The zero-order valence-corrected chi connectivity index (χ0v) is 17.4. The molecular weight excluding hydrogens is 372 g/mol. The van der Waals surface area contributed by atoms with Gasteiger partial charge in [0, 0.05) is 0 Å². The Morgan fingerprint density at radius 2 is 1.07 bits per heavy atom. The molecule has 30 heavy (non-hydrogen) atoms. The van der Waals surface area contributed by atoms with Gasteiger partial charge in [0.2, 0.25) is 0 Å². The predicted octanol–water partition coefficient (Wildman–Crippen LogP) is 5.48. The van der Waals surface area contributed by atoms with Crippen molar-refractivity contribution in [2.45, 2.75) is 23.7 Å². The quantitative estimate of drug-likeness (QED) is 0.646. The summed E-state index contributed by atoms with van der Waals surface area (Å²) < 4.78 is 10.7. The van der Waals surface area contributed by atoms with Crippen LogP contribution in [0.2, 0.25) is 0 Å². The van der Waals surface area contributed by atoms with Crippen LogP contribution in [0.3, 0.4) is 0 Å². The molecule has 0 aromatic heterocycles. The summed E-state index contributed by atoms with van der Waals surface area (Å²) in [6.45, 7) is 0. The first kappa shape index (κ1) is 20.0. The average Bonchev–Trinajstić information content (AvgIpc) is 2.84. The Labute approximate surface area is 178 Å². The monoisotopic (exact) mass is 398 g/mol. The normalized spacial score (nSPS) is 24.6. The van der Waals surface area contributed by atoms with Crippen LogP contribution in [0.25, 0.3) is 0 Å². The van der Waals surface area contributed by atoms with E-state index in [1.165, 1.54) is 0 Å². The minimum Gasteiger partial charge on any atom is -0.497 e. The zero-order chi connectivity index (χ0) is 21.0. The molecule has 4 rings (SSSR count). The second kappa shape index (κ2) is 8.19. The SMILES string of the molecule is COc1ccc(C2(C(=O)C3(c4ccc(OC)cc4)C=CC=CC3)C=CC=CC2)cc1. The molecule has 2 aromatic carbocycles. The summed E-state index contributed by atoms with van der Waals surface area (Å²) in [5.74, 6) is 1.73. The maximum Gasteiger partial charge on any atom is 0.162 e. The molecule has 3 nitrogen and oxygen atoms in total. The fourth-order valence-electron chi connectivity index (χ4n) is 4.44. The molecule has 2 aromatic rings. The van der Waals surface area contributed by atoms with Crippen LogP contribution in [-0.4, -0.2) is 20.0 Å². The van der Waals surface area contributed by atoms with Crippen molar-refractivity contribution in [1.82, 2.24) is 0 Å². The summed E-state index contributed by atoms with van der Waals surface area (Å²) in [5, 5.41) is 0. The molecule has 0 saturated carbocycles. The molecule has 0 fully saturated rings. The molecule has 0 radical (unpaired) electrons. The number of carbonyl (C=O) groups is 1. The average molecular weight is 399 g/mol.